The summed E-state index contributed by atoms with van der Waals surface area (Å²) in [6.45, 7) is 0. The average Bonchev–Trinajstić information content (AvgIpc) is 2.79. The number of hydrazine groups is 1. The van der Waals surface area contributed by atoms with E-state index in [0.717, 1.165) is 19.1 Å². The Morgan fingerprint density at radius 3 is 2.53 bits per heavy atom. The fourth-order valence-corrected chi connectivity index (χ4v) is 3.73. The lowest BCUT2D eigenvalue weighted by Crippen LogP contribution is -2.27. The molecule has 0 aromatic carbocycles. The second-order valence-electron chi connectivity index (χ2n) is 2.87. The summed E-state index contributed by atoms with van der Waals surface area (Å²) in [5.41, 5.74) is 2.75. The summed E-state index contributed by atoms with van der Waals surface area (Å²) < 4.78 is 0.748. The molecule has 1 unspecified atom stereocenters. The van der Waals surface area contributed by atoms with Gasteiger partial charge in [0, 0.05) is 9.75 Å². The van der Waals surface area contributed by atoms with Crippen LogP contribution in [-0.4, -0.2) is 0 Å². The Morgan fingerprint density at radius 2 is 2.07 bits per heavy atom. The molecule has 0 radical (unpaired) electrons. The number of nitrogens with one attached hydrogen (secondary N) is 1. The van der Waals surface area contributed by atoms with E-state index in [1.807, 2.05) is 23.6 Å². The van der Waals surface area contributed by atoms with Gasteiger partial charge in [0.15, 0.2) is 0 Å². The van der Waals surface area contributed by atoms with Crippen molar-refractivity contribution in [2.24, 2.45) is 5.84 Å². The van der Waals surface area contributed by atoms with E-state index in [-0.39, 0.29) is 6.04 Å². The quantitative estimate of drug-likeness (QED) is 0.664. The Labute approximate surface area is 106 Å². The molecule has 1 atom stereocenters. The number of hydrogen-bond donors (Lipinski definition) is 2. The summed E-state index contributed by atoms with van der Waals surface area (Å²) in [5, 5.41) is 2.67. The van der Waals surface area contributed by atoms with Gasteiger partial charge in [0.2, 0.25) is 0 Å². The minimum atomic E-state index is -0.0741. The first-order valence-electron chi connectivity index (χ1n) is 4.16. The molecule has 15 heavy (non-hydrogen) atoms. The molecule has 2 aromatic heterocycles. The monoisotopic (exact) mass is 278 g/mol. The third-order valence-corrected chi connectivity index (χ3v) is 4.67. The third-order valence-electron chi connectivity index (χ3n) is 1.95. The van der Waals surface area contributed by atoms with Crippen LogP contribution < -0.4 is 11.3 Å². The van der Waals surface area contributed by atoms with Crippen molar-refractivity contribution in [3.8, 4) is 0 Å². The number of nitrogens with two attached hydrogens (primary N) is 1. The van der Waals surface area contributed by atoms with Crippen molar-refractivity contribution in [3.05, 3.63) is 42.7 Å². The third kappa shape index (κ3) is 2.36. The highest BCUT2D eigenvalue weighted by Crippen LogP contribution is 2.36. The molecule has 2 heterocycles. The topological polar surface area (TPSA) is 38.0 Å². The van der Waals surface area contributed by atoms with Crippen molar-refractivity contribution in [2.45, 2.75) is 6.04 Å². The van der Waals surface area contributed by atoms with E-state index in [1.54, 1.807) is 11.3 Å². The van der Waals surface area contributed by atoms with E-state index in [2.05, 4.69) is 5.43 Å². The van der Waals surface area contributed by atoms with Gasteiger partial charge >= 0.3 is 0 Å². The highest BCUT2D eigenvalue weighted by Gasteiger charge is 2.18. The van der Waals surface area contributed by atoms with Crippen LogP contribution >= 0.6 is 45.9 Å². The van der Waals surface area contributed by atoms with Gasteiger partial charge in [0.25, 0.3) is 0 Å². The maximum Gasteiger partial charge on any atom is 0.0931 e. The minimum absolute atomic E-state index is 0.0741. The summed E-state index contributed by atoms with van der Waals surface area (Å²) in [6, 6.07) is 5.59. The van der Waals surface area contributed by atoms with Crippen LogP contribution in [0, 0.1) is 0 Å². The lowest BCUT2D eigenvalue weighted by atomic mass is 10.2. The Kier molecular flexibility index (Phi) is 3.66. The Bertz CT molecular complexity index is 452. The summed E-state index contributed by atoms with van der Waals surface area (Å²) in [6.07, 6.45) is 0. The van der Waals surface area contributed by atoms with Crippen molar-refractivity contribution >= 4 is 45.9 Å². The standard InChI is InChI=1S/C9H8Cl2N2S2/c10-5-3-4-14-9(5)8(13-12)6-1-2-7(11)15-6/h1-4,8,13H,12H2. The zero-order valence-electron chi connectivity index (χ0n) is 7.54. The van der Waals surface area contributed by atoms with E-state index >= 15 is 0 Å². The molecule has 3 N–H and O–H groups in total. The second-order valence-corrected chi connectivity index (χ2v) is 5.98. The molecule has 0 fully saturated rings. The first kappa shape index (κ1) is 11.4. The smallest absolute Gasteiger partial charge is 0.0931 e. The highest BCUT2D eigenvalue weighted by atomic mass is 35.5. The van der Waals surface area contributed by atoms with E-state index < -0.39 is 0 Å². The predicted octanol–water partition coefficient (Wildman–Crippen LogP) is 3.67. The van der Waals surface area contributed by atoms with Gasteiger partial charge in [0.1, 0.15) is 0 Å². The fraction of sp³-hybridized carbons (Fsp3) is 0.111. The molecule has 2 nitrogen and oxygen atoms in total. The molecule has 0 saturated carbocycles. The Balaban J connectivity index is 2.36. The van der Waals surface area contributed by atoms with Gasteiger partial charge in [-0.25, -0.2) is 5.43 Å². The van der Waals surface area contributed by atoms with Crippen molar-refractivity contribution in [1.29, 1.82) is 0 Å². The first-order valence-corrected chi connectivity index (χ1v) is 6.62. The van der Waals surface area contributed by atoms with Gasteiger partial charge in [-0.3, -0.25) is 5.84 Å². The maximum absolute atomic E-state index is 6.06. The second kappa shape index (κ2) is 4.82. The van der Waals surface area contributed by atoms with E-state index in [0.29, 0.717) is 0 Å². The van der Waals surface area contributed by atoms with Crippen molar-refractivity contribution in [2.75, 3.05) is 0 Å². The van der Waals surface area contributed by atoms with Crippen LogP contribution in [-0.2, 0) is 0 Å². The molecule has 0 spiro atoms. The van der Waals surface area contributed by atoms with Crippen molar-refractivity contribution in [1.82, 2.24) is 5.43 Å². The highest BCUT2D eigenvalue weighted by molar-refractivity contribution is 7.16. The number of thiophene rings is 2. The van der Waals surface area contributed by atoms with Crippen LogP contribution in [0.4, 0.5) is 0 Å². The van der Waals surface area contributed by atoms with Gasteiger partial charge in [-0.05, 0) is 23.6 Å². The summed E-state index contributed by atoms with van der Waals surface area (Å²) >= 11 is 15.0. The van der Waals surface area contributed by atoms with Gasteiger partial charge in [-0.15, -0.1) is 22.7 Å². The molecule has 6 heteroatoms. The predicted molar refractivity (Wildman–Crippen MR) is 67.8 cm³/mol. The molecular weight excluding hydrogens is 271 g/mol. The lowest BCUT2D eigenvalue weighted by Gasteiger charge is -2.12. The van der Waals surface area contributed by atoms with Crippen LogP contribution in [0.15, 0.2) is 23.6 Å². The Hall–Kier alpha value is -0.100. The Morgan fingerprint density at radius 1 is 1.27 bits per heavy atom. The molecule has 0 saturated heterocycles. The molecular formula is C9H8Cl2N2S2. The minimum Gasteiger partial charge on any atom is -0.271 e. The summed E-state index contributed by atoms with van der Waals surface area (Å²) in [5.74, 6) is 5.54. The molecule has 0 aliphatic rings. The van der Waals surface area contributed by atoms with E-state index in [1.165, 1.54) is 11.3 Å². The molecule has 0 aliphatic carbocycles. The van der Waals surface area contributed by atoms with E-state index in [4.69, 9.17) is 29.0 Å². The molecule has 80 valence electrons. The number of hydrogen-bond acceptors (Lipinski definition) is 4. The maximum atomic E-state index is 6.06. The first-order chi connectivity index (χ1) is 7.22. The largest absolute Gasteiger partial charge is 0.271 e. The van der Waals surface area contributed by atoms with Gasteiger partial charge < -0.3 is 0 Å². The van der Waals surface area contributed by atoms with Crippen LogP contribution in [0.2, 0.25) is 9.36 Å². The molecule has 2 rings (SSSR count). The zero-order valence-corrected chi connectivity index (χ0v) is 10.7. The van der Waals surface area contributed by atoms with Crippen molar-refractivity contribution < 1.29 is 0 Å². The van der Waals surface area contributed by atoms with Crippen LogP contribution in [0.5, 0.6) is 0 Å². The van der Waals surface area contributed by atoms with Gasteiger partial charge in [-0.1, -0.05) is 23.2 Å². The van der Waals surface area contributed by atoms with Gasteiger partial charge in [-0.2, -0.15) is 0 Å². The fourth-order valence-electron chi connectivity index (χ4n) is 1.28. The number of halogens is 2. The number of rotatable bonds is 3. The average molecular weight is 279 g/mol. The normalized spacial score (nSPS) is 13.0. The van der Waals surface area contributed by atoms with Crippen LogP contribution in [0.1, 0.15) is 15.8 Å². The SMILES string of the molecule is NNC(c1ccc(Cl)s1)c1sccc1Cl. The summed E-state index contributed by atoms with van der Waals surface area (Å²) in [4.78, 5) is 2.07. The molecule has 0 bridgehead atoms. The van der Waals surface area contributed by atoms with E-state index in [9.17, 15) is 0 Å². The van der Waals surface area contributed by atoms with Crippen molar-refractivity contribution in [3.63, 3.8) is 0 Å². The molecule has 2 aromatic rings. The summed E-state index contributed by atoms with van der Waals surface area (Å²) in [7, 11) is 0. The van der Waals surface area contributed by atoms with Crippen LogP contribution in [0.25, 0.3) is 0 Å². The van der Waals surface area contributed by atoms with Crippen LogP contribution in [0.3, 0.4) is 0 Å². The van der Waals surface area contributed by atoms with Gasteiger partial charge in [0.05, 0.1) is 15.4 Å². The zero-order chi connectivity index (χ0) is 10.8. The molecule has 0 aliphatic heterocycles. The lowest BCUT2D eigenvalue weighted by molar-refractivity contribution is 0.656. The molecule has 0 amide bonds.